The van der Waals surface area contributed by atoms with Gasteiger partial charge in [-0.05, 0) is 74.0 Å². The SMILES string of the molecule is CC1(C)COP(SC2CC3CC(CC[Si](C)(C)c4ccc([Si](C)(C)CCC5CC6CC(SP7OCC(C)(C)CO7)C5C6)cc4)C2C3)OC1. The molecule has 4 bridgehead atoms. The molecule has 7 rings (SSSR count). The second-order valence-corrected chi connectivity index (χ2v) is 35.9. The average Bonchev–Trinajstić information content (AvgIpc) is 3.83. The van der Waals surface area contributed by atoms with Crippen LogP contribution in [0.25, 0.3) is 0 Å². The van der Waals surface area contributed by atoms with Gasteiger partial charge in [0.1, 0.15) is 0 Å². The quantitative estimate of drug-likeness (QED) is 0.156. The fourth-order valence-corrected chi connectivity index (χ4v) is 23.3. The van der Waals surface area contributed by atoms with E-state index in [1.165, 1.54) is 63.5 Å². The number of rotatable bonds is 12. The van der Waals surface area contributed by atoms with E-state index in [0.29, 0.717) is 0 Å². The molecule has 4 saturated carbocycles. The maximum atomic E-state index is 6.20. The molecule has 270 valence electrons. The van der Waals surface area contributed by atoms with Crippen LogP contribution in [0.2, 0.25) is 38.3 Å². The van der Waals surface area contributed by atoms with Gasteiger partial charge in [0, 0.05) is 21.3 Å². The molecule has 10 heteroatoms. The summed E-state index contributed by atoms with van der Waals surface area (Å²) in [7, 11) is -4.46. The third-order valence-electron chi connectivity index (χ3n) is 13.2. The Hall–Kier alpha value is 1.05. The fraction of sp³-hybridized carbons (Fsp3) is 0.842. The van der Waals surface area contributed by atoms with Crippen molar-refractivity contribution < 1.29 is 18.1 Å². The summed E-state index contributed by atoms with van der Waals surface area (Å²) in [6, 6.07) is 13.1. The minimum absolute atomic E-state index is 0.168. The standard InChI is InChI=1S/C38H64O4P2S2Si2/c1-37(2)23-39-43(40-24-37)45-35-21-27-17-29(33(35)19-27)13-15-47(5,6)31-9-11-32(12-10-31)48(7,8)16-14-30-18-28-20-34(30)36(22-28)46-44-41-25-38(3,4)26-42-44/h9-12,27-30,33-36H,13-26H2,1-8H3. The van der Waals surface area contributed by atoms with Crippen molar-refractivity contribution in [3.8, 4) is 0 Å². The van der Waals surface area contributed by atoms with Crippen molar-refractivity contribution in [2.24, 2.45) is 46.3 Å². The van der Waals surface area contributed by atoms with Gasteiger partial charge in [-0.25, -0.2) is 0 Å². The van der Waals surface area contributed by atoms with E-state index in [-0.39, 0.29) is 10.8 Å². The Morgan fingerprint density at radius 1 is 0.583 bits per heavy atom. The average molecular weight is 767 g/mol. The van der Waals surface area contributed by atoms with Crippen LogP contribution in [0.15, 0.2) is 24.3 Å². The van der Waals surface area contributed by atoms with Crippen LogP contribution in [-0.4, -0.2) is 53.1 Å². The summed E-state index contributed by atoms with van der Waals surface area (Å²) < 4.78 is 24.8. The predicted octanol–water partition coefficient (Wildman–Crippen LogP) is 11.2. The molecule has 8 atom stereocenters. The molecule has 4 nitrogen and oxygen atoms in total. The van der Waals surface area contributed by atoms with Crippen LogP contribution in [0, 0.1) is 46.3 Å². The van der Waals surface area contributed by atoms with Crippen LogP contribution in [-0.2, 0) is 18.1 Å². The monoisotopic (exact) mass is 766 g/mol. The second-order valence-electron chi connectivity index (χ2n) is 19.6. The van der Waals surface area contributed by atoms with Crippen molar-refractivity contribution in [1.82, 2.24) is 0 Å². The van der Waals surface area contributed by atoms with Crippen LogP contribution in [0.3, 0.4) is 0 Å². The Kier molecular flexibility index (Phi) is 11.5. The van der Waals surface area contributed by atoms with Gasteiger partial charge < -0.3 is 18.1 Å². The molecule has 6 aliphatic rings. The van der Waals surface area contributed by atoms with Crippen molar-refractivity contribution in [3.05, 3.63) is 24.3 Å². The van der Waals surface area contributed by atoms with Crippen LogP contribution in [0.1, 0.15) is 79.1 Å². The van der Waals surface area contributed by atoms with Crippen molar-refractivity contribution in [3.63, 3.8) is 0 Å². The molecular formula is C38H64O4P2S2Si2. The first-order valence-electron chi connectivity index (χ1n) is 19.2. The molecule has 4 aliphatic carbocycles. The lowest BCUT2D eigenvalue weighted by molar-refractivity contribution is 0.0684. The Labute approximate surface area is 305 Å². The summed E-state index contributed by atoms with van der Waals surface area (Å²) in [4.78, 5) is 0. The summed E-state index contributed by atoms with van der Waals surface area (Å²) in [5.41, 5.74) is 0.335. The molecule has 0 aromatic heterocycles. The van der Waals surface area contributed by atoms with Gasteiger partial charge >= 0.3 is 0 Å². The molecule has 2 aliphatic heterocycles. The van der Waals surface area contributed by atoms with Gasteiger partial charge in [0.05, 0.1) is 42.6 Å². The molecule has 2 heterocycles. The Morgan fingerprint density at radius 3 is 1.27 bits per heavy atom. The van der Waals surface area contributed by atoms with E-state index < -0.39 is 31.3 Å². The molecule has 8 unspecified atom stereocenters. The van der Waals surface area contributed by atoms with Crippen LogP contribution in [0.5, 0.6) is 0 Å². The molecule has 6 fully saturated rings. The molecule has 0 amide bonds. The van der Waals surface area contributed by atoms with E-state index in [4.69, 9.17) is 18.1 Å². The van der Waals surface area contributed by atoms with Gasteiger partial charge in [0.15, 0.2) is 0 Å². The Morgan fingerprint density at radius 2 is 0.938 bits per heavy atom. The zero-order valence-electron chi connectivity index (χ0n) is 31.2. The fourth-order valence-electron chi connectivity index (χ4n) is 9.93. The Balaban J connectivity index is 0.879. The first-order chi connectivity index (χ1) is 22.6. The van der Waals surface area contributed by atoms with Gasteiger partial charge in [-0.1, -0.05) is 136 Å². The predicted molar refractivity (Wildman–Crippen MR) is 216 cm³/mol. The Bertz CT molecular complexity index is 1150. The van der Waals surface area contributed by atoms with E-state index in [0.717, 1.165) is 72.4 Å². The van der Waals surface area contributed by atoms with E-state index in [1.807, 2.05) is 0 Å². The van der Waals surface area contributed by atoms with Crippen molar-refractivity contribution in [1.29, 1.82) is 0 Å². The van der Waals surface area contributed by atoms with Crippen molar-refractivity contribution in [2.75, 3.05) is 26.4 Å². The first kappa shape index (κ1) is 37.4. The largest absolute Gasteiger partial charge is 0.325 e. The molecule has 0 radical (unpaired) electrons. The van der Waals surface area contributed by atoms with E-state index in [2.05, 4.69) is 101 Å². The highest BCUT2D eigenvalue weighted by Gasteiger charge is 2.49. The third kappa shape index (κ3) is 8.71. The highest BCUT2D eigenvalue weighted by atomic mass is 32.7. The molecule has 1 aromatic rings. The molecule has 48 heavy (non-hydrogen) atoms. The van der Waals surface area contributed by atoms with E-state index in [9.17, 15) is 0 Å². The van der Waals surface area contributed by atoms with Gasteiger partial charge in [0.2, 0.25) is 15.2 Å². The minimum atomic E-state index is -1.48. The lowest BCUT2D eigenvalue weighted by Gasteiger charge is -2.37. The highest BCUT2D eigenvalue weighted by molar-refractivity contribution is 8.53. The van der Waals surface area contributed by atoms with Crippen molar-refractivity contribution in [2.45, 2.75) is 128 Å². The number of hydrogen-bond donors (Lipinski definition) is 0. The summed E-state index contributed by atoms with van der Waals surface area (Å²) in [5, 5.41) is 4.86. The topological polar surface area (TPSA) is 36.9 Å². The number of hydrogen-bond acceptors (Lipinski definition) is 6. The van der Waals surface area contributed by atoms with Gasteiger partial charge in [-0.15, -0.1) is 0 Å². The zero-order chi connectivity index (χ0) is 33.9. The third-order valence-corrected chi connectivity index (χ3v) is 27.3. The van der Waals surface area contributed by atoms with Gasteiger partial charge in [-0.3, -0.25) is 0 Å². The molecule has 0 spiro atoms. The summed E-state index contributed by atoms with van der Waals surface area (Å²) in [6.07, 6.45) is 11.5. The second kappa shape index (κ2) is 14.7. The van der Waals surface area contributed by atoms with Crippen LogP contribution in [0.4, 0.5) is 0 Å². The number of benzene rings is 1. The maximum absolute atomic E-state index is 6.20. The zero-order valence-corrected chi connectivity index (χ0v) is 36.6. The van der Waals surface area contributed by atoms with Crippen LogP contribution < -0.4 is 10.4 Å². The smallest absolute Gasteiger partial charge is 0.238 e. The molecule has 2 saturated heterocycles. The van der Waals surface area contributed by atoms with E-state index >= 15 is 0 Å². The molecule has 0 N–H and O–H groups in total. The lowest BCUT2D eigenvalue weighted by atomic mass is 9.86. The highest BCUT2D eigenvalue weighted by Crippen LogP contribution is 2.66. The normalized spacial score (nSPS) is 36.7. The summed E-state index contributed by atoms with van der Waals surface area (Å²) in [6.45, 7) is 22.9. The molecular weight excluding hydrogens is 703 g/mol. The van der Waals surface area contributed by atoms with Crippen molar-refractivity contribution >= 4 is 64.4 Å². The summed E-state index contributed by atoms with van der Waals surface area (Å²) in [5.74, 6) is 5.49. The maximum Gasteiger partial charge on any atom is 0.238 e. The molecule has 1 aromatic carbocycles. The van der Waals surface area contributed by atoms with Crippen LogP contribution >= 0.6 is 37.9 Å². The first-order valence-corrected chi connectivity index (χ1v) is 31.0. The minimum Gasteiger partial charge on any atom is -0.325 e. The number of fused-ring (bicyclic) bond motifs is 4. The van der Waals surface area contributed by atoms with Gasteiger partial charge in [-0.2, -0.15) is 0 Å². The van der Waals surface area contributed by atoms with Gasteiger partial charge in [0.25, 0.3) is 0 Å². The lowest BCUT2D eigenvalue weighted by Crippen LogP contribution is -2.45. The van der Waals surface area contributed by atoms with E-state index in [1.54, 1.807) is 10.4 Å². The summed E-state index contributed by atoms with van der Waals surface area (Å²) >= 11 is 4.15.